The molecule has 0 saturated heterocycles. The fourth-order valence-electron chi connectivity index (χ4n) is 1.70. The molecule has 19 heavy (non-hydrogen) atoms. The molecular formula is C14H14ClNO2S. The van der Waals surface area contributed by atoms with Crippen LogP contribution in [0.5, 0.6) is 0 Å². The SMILES string of the molecule is CC(NCc1ccc(C(=O)O)cc1)c1ccc(Cl)s1. The molecule has 1 atom stereocenters. The lowest BCUT2D eigenvalue weighted by atomic mass is 10.1. The van der Waals surface area contributed by atoms with Crippen LogP contribution >= 0.6 is 22.9 Å². The highest BCUT2D eigenvalue weighted by Gasteiger charge is 2.08. The molecule has 2 N–H and O–H groups in total. The van der Waals surface area contributed by atoms with E-state index in [1.54, 1.807) is 23.5 Å². The average Bonchev–Trinajstić information content (AvgIpc) is 2.83. The molecular weight excluding hydrogens is 282 g/mol. The third-order valence-electron chi connectivity index (χ3n) is 2.83. The summed E-state index contributed by atoms with van der Waals surface area (Å²) in [7, 11) is 0. The van der Waals surface area contributed by atoms with Crippen molar-refractivity contribution in [2.24, 2.45) is 0 Å². The van der Waals surface area contributed by atoms with Gasteiger partial charge in [0.25, 0.3) is 0 Å². The number of carboxylic acids is 1. The van der Waals surface area contributed by atoms with Crippen molar-refractivity contribution in [1.82, 2.24) is 5.32 Å². The minimum atomic E-state index is -0.902. The molecule has 0 saturated carbocycles. The monoisotopic (exact) mass is 295 g/mol. The highest BCUT2D eigenvalue weighted by Crippen LogP contribution is 2.26. The van der Waals surface area contributed by atoms with E-state index in [0.29, 0.717) is 12.1 Å². The Kier molecular flexibility index (Phi) is 4.58. The topological polar surface area (TPSA) is 49.3 Å². The molecule has 5 heteroatoms. The molecule has 0 aliphatic heterocycles. The normalized spacial score (nSPS) is 12.3. The van der Waals surface area contributed by atoms with Gasteiger partial charge in [0.1, 0.15) is 0 Å². The molecule has 0 fully saturated rings. The van der Waals surface area contributed by atoms with Crippen molar-refractivity contribution < 1.29 is 9.90 Å². The standard InChI is InChI=1S/C14H14ClNO2S/c1-9(12-6-7-13(15)19-12)16-8-10-2-4-11(5-3-10)14(17)18/h2-7,9,16H,8H2,1H3,(H,17,18). The van der Waals surface area contributed by atoms with Gasteiger partial charge >= 0.3 is 5.97 Å². The Morgan fingerprint density at radius 1 is 1.32 bits per heavy atom. The first kappa shape index (κ1) is 14.1. The summed E-state index contributed by atoms with van der Waals surface area (Å²) in [6, 6.07) is 11.0. The number of carbonyl (C=O) groups is 1. The molecule has 2 aromatic rings. The molecule has 3 nitrogen and oxygen atoms in total. The van der Waals surface area contributed by atoms with E-state index in [-0.39, 0.29) is 6.04 Å². The number of carboxylic acid groups (broad SMARTS) is 1. The largest absolute Gasteiger partial charge is 0.478 e. The Morgan fingerprint density at radius 3 is 2.53 bits per heavy atom. The lowest BCUT2D eigenvalue weighted by Gasteiger charge is -2.12. The van der Waals surface area contributed by atoms with Crippen molar-refractivity contribution >= 4 is 28.9 Å². The Bertz CT molecular complexity index is 565. The Balaban J connectivity index is 1.93. The summed E-state index contributed by atoms with van der Waals surface area (Å²) in [5.74, 6) is -0.902. The van der Waals surface area contributed by atoms with Crippen LogP contribution < -0.4 is 5.32 Å². The van der Waals surface area contributed by atoms with E-state index >= 15 is 0 Å². The number of aromatic carboxylic acids is 1. The summed E-state index contributed by atoms with van der Waals surface area (Å²) in [6.07, 6.45) is 0. The number of nitrogens with one attached hydrogen (secondary N) is 1. The first-order chi connectivity index (χ1) is 9.06. The van der Waals surface area contributed by atoms with Crippen LogP contribution in [0.2, 0.25) is 4.34 Å². The lowest BCUT2D eigenvalue weighted by molar-refractivity contribution is 0.0697. The molecule has 0 amide bonds. The summed E-state index contributed by atoms with van der Waals surface area (Å²) in [6.45, 7) is 2.77. The van der Waals surface area contributed by atoms with Crippen molar-refractivity contribution in [2.75, 3.05) is 0 Å². The third kappa shape index (κ3) is 3.80. The van der Waals surface area contributed by atoms with Gasteiger partial charge in [-0.15, -0.1) is 11.3 Å². The molecule has 1 heterocycles. The van der Waals surface area contributed by atoms with Crippen molar-refractivity contribution in [1.29, 1.82) is 0 Å². The van der Waals surface area contributed by atoms with Gasteiger partial charge in [0.05, 0.1) is 9.90 Å². The Morgan fingerprint density at radius 2 is 2.00 bits per heavy atom. The zero-order valence-corrected chi connectivity index (χ0v) is 12.0. The molecule has 0 spiro atoms. The molecule has 1 aromatic heterocycles. The minimum Gasteiger partial charge on any atom is -0.478 e. The molecule has 2 rings (SSSR count). The van der Waals surface area contributed by atoms with E-state index < -0.39 is 5.97 Å². The van der Waals surface area contributed by atoms with Gasteiger partial charge in [0, 0.05) is 17.5 Å². The fraction of sp³-hybridized carbons (Fsp3) is 0.214. The van der Waals surface area contributed by atoms with Crippen LogP contribution in [0, 0.1) is 0 Å². The summed E-state index contributed by atoms with van der Waals surface area (Å²) in [5.41, 5.74) is 1.36. The maximum Gasteiger partial charge on any atom is 0.335 e. The Labute approximate surface area is 120 Å². The van der Waals surface area contributed by atoms with E-state index in [1.165, 1.54) is 4.88 Å². The smallest absolute Gasteiger partial charge is 0.335 e. The summed E-state index contributed by atoms with van der Waals surface area (Å²) in [4.78, 5) is 11.9. The molecule has 0 bridgehead atoms. The van der Waals surface area contributed by atoms with Crippen molar-refractivity contribution in [3.05, 3.63) is 56.7 Å². The van der Waals surface area contributed by atoms with Crippen LogP contribution in [-0.2, 0) is 6.54 Å². The fourth-order valence-corrected chi connectivity index (χ4v) is 2.79. The molecule has 100 valence electrons. The number of rotatable bonds is 5. The molecule has 1 unspecified atom stereocenters. The quantitative estimate of drug-likeness (QED) is 0.878. The zero-order chi connectivity index (χ0) is 13.8. The van der Waals surface area contributed by atoms with Gasteiger partial charge in [-0.2, -0.15) is 0 Å². The number of benzene rings is 1. The van der Waals surface area contributed by atoms with Crippen LogP contribution in [0.15, 0.2) is 36.4 Å². The van der Waals surface area contributed by atoms with E-state index in [4.69, 9.17) is 16.7 Å². The second kappa shape index (κ2) is 6.19. The first-order valence-corrected chi connectivity index (χ1v) is 7.06. The molecule has 0 radical (unpaired) electrons. The summed E-state index contributed by atoms with van der Waals surface area (Å²) in [5, 5.41) is 12.2. The number of hydrogen-bond donors (Lipinski definition) is 2. The number of hydrogen-bond acceptors (Lipinski definition) is 3. The zero-order valence-electron chi connectivity index (χ0n) is 10.4. The highest BCUT2D eigenvalue weighted by molar-refractivity contribution is 7.16. The van der Waals surface area contributed by atoms with Crippen molar-refractivity contribution in [2.45, 2.75) is 19.5 Å². The summed E-state index contributed by atoms with van der Waals surface area (Å²) < 4.78 is 0.787. The van der Waals surface area contributed by atoms with Crippen molar-refractivity contribution in [3.8, 4) is 0 Å². The van der Waals surface area contributed by atoms with Crippen LogP contribution in [0.4, 0.5) is 0 Å². The number of halogens is 1. The summed E-state index contributed by atoms with van der Waals surface area (Å²) >= 11 is 7.47. The molecule has 1 aromatic carbocycles. The van der Waals surface area contributed by atoms with Gasteiger partial charge in [-0.25, -0.2) is 4.79 Å². The maximum atomic E-state index is 10.7. The predicted octanol–water partition coefficient (Wildman–Crippen LogP) is 3.95. The van der Waals surface area contributed by atoms with Gasteiger partial charge < -0.3 is 10.4 Å². The number of thiophene rings is 1. The second-order valence-electron chi connectivity index (χ2n) is 4.25. The van der Waals surface area contributed by atoms with E-state index in [2.05, 4.69) is 12.2 Å². The molecule has 0 aliphatic carbocycles. The van der Waals surface area contributed by atoms with Gasteiger partial charge in [0.15, 0.2) is 0 Å². The molecule has 0 aliphatic rings. The van der Waals surface area contributed by atoms with Gasteiger partial charge in [-0.3, -0.25) is 0 Å². The van der Waals surface area contributed by atoms with Crippen LogP contribution in [-0.4, -0.2) is 11.1 Å². The average molecular weight is 296 g/mol. The first-order valence-electron chi connectivity index (χ1n) is 5.87. The van der Waals surface area contributed by atoms with Gasteiger partial charge in [-0.1, -0.05) is 23.7 Å². The highest BCUT2D eigenvalue weighted by atomic mass is 35.5. The Hall–Kier alpha value is -1.36. The van der Waals surface area contributed by atoms with Crippen molar-refractivity contribution in [3.63, 3.8) is 0 Å². The van der Waals surface area contributed by atoms with E-state index in [0.717, 1.165) is 9.90 Å². The lowest BCUT2D eigenvalue weighted by Crippen LogP contribution is -2.17. The van der Waals surface area contributed by atoms with E-state index in [1.807, 2.05) is 24.3 Å². The van der Waals surface area contributed by atoms with E-state index in [9.17, 15) is 4.79 Å². The second-order valence-corrected chi connectivity index (χ2v) is 5.99. The van der Waals surface area contributed by atoms with Gasteiger partial charge in [0.2, 0.25) is 0 Å². The maximum absolute atomic E-state index is 10.7. The third-order valence-corrected chi connectivity index (χ3v) is 4.25. The minimum absolute atomic E-state index is 0.219. The van der Waals surface area contributed by atoms with Crippen LogP contribution in [0.25, 0.3) is 0 Å². The van der Waals surface area contributed by atoms with Crippen LogP contribution in [0.1, 0.15) is 33.8 Å². The predicted molar refractivity (Wildman–Crippen MR) is 78.0 cm³/mol. The van der Waals surface area contributed by atoms with Crippen LogP contribution in [0.3, 0.4) is 0 Å². The van der Waals surface area contributed by atoms with Gasteiger partial charge in [-0.05, 0) is 36.8 Å².